The minimum Gasteiger partial charge on any atom is -0.493 e. The standard InChI is InChI=1S/C27H30N4O3S/c1-17-7-6-8-20(13-17)31-12-11-30(16-18(31)2)26(32)24-15-21-25(28-29(3)27(21)35-24)19-9-10-22(33-4)23(14-19)34-5/h6-10,13-15,18H,11-12,16H2,1-5H3. The average Bonchev–Trinajstić information content (AvgIpc) is 3.43. The molecule has 0 spiro atoms. The van der Waals surface area contributed by atoms with Crippen LogP contribution in [0.5, 0.6) is 11.5 Å². The molecule has 2 aromatic carbocycles. The summed E-state index contributed by atoms with van der Waals surface area (Å²) in [5.41, 5.74) is 4.22. The molecule has 7 nitrogen and oxygen atoms in total. The monoisotopic (exact) mass is 490 g/mol. The molecule has 4 aromatic rings. The number of methoxy groups -OCH3 is 2. The zero-order valence-corrected chi connectivity index (χ0v) is 21.6. The first-order valence-corrected chi connectivity index (χ1v) is 12.5. The quantitative estimate of drug-likeness (QED) is 0.395. The lowest BCUT2D eigenvalue weighted by Gasteiger charge is -2.41. The summed E-state index contributed by atoms with van der Waals surface area (Å²) in [6.07, 6.45) is 0. The molecule has 1 amide bonds. The lowest BCUT2D eigenvalue weighted by molar-refractivity contribution is 0.0731. The predicted molar refractivity (Wildman–Crippen MR) is 141 cm³/mol. The largest absolute Gasteiger partial charge is 0.493 e. The molecule has 35 heavy (non-hydrogen) atoms. The first-order valence-electron chi connectivity index (χ1n) is 11.7. The third-order valence-electron chi connectivity index (χ3n) is 6.63. The number of benzene rings is 2. The van der Waals surface area contributed by atoms with Gasteiger partial charge in [0.1, 0.15) is 10.5 Å². The summed E-state index contributed by atoms with van der Waals surface area (Å²) in [5.74, 6) is 1.40. The van der Waals surface area contributed by atoms with Crippen LogP contribution in [0.4, 0.5) is 5.69 Å². The van der Waals surface area contributed by atoms with E-state index in [1.54, 1.807) is 14.2 Å². The summed E-state index contributed by atoms with van der Waals surface area (Å²) < 4.78 is 12.7. The molecule has 1 aliphatic heterocycles. The lowest BCUT2D eigenvalue weighted by atomic mass is 10.1. The molecule has 1 unspecified atom stereocenters. The van der Waals surface area contributed by atoms with Crippen LogP contribution >= 0.6 is 11.3 Å². The Labute approximate surface area is 209 Å². The fraction of sp³-hybridized carbons (Fsp3) is 0.333. The smallest absolute Gasteiger partial charge is 0.264 e. The van der Waals surface area contributed by atoms with Crippen molar-refractivity contribution in [2.24, 2.45) is 7.05 Å². The van der Waals surface area contributed by atoms with Crippen LogP contribution in [0, 0.1) is 6.92 Å². The molecule has 2 aromatic heterocycles. The number of thiophene rings is 1. The second-order valence-corrected chi connectivity index (χ2v) is 10.0. The van der Waals surface area contributed by atoms with E-state index >= 15 is 0 Å². The number of carbonyl (C=O) groups is 1. The van der Waals surface area contributed by atoms with Gasteiger partial charge in [-0.15, -0.1) is 11.3 Å². The van der Waals surface area contributed by atoms with Crippen molar-refractivity contribution < 1.29 is 14.3 Å². The van der Waals surface area contributed by atoms with E-state index < -0.39 is 0 Å². The van der Waals surface area contributed by atoms with Crippen molar-refractivity contribution in [2.75, 3.05) is 38.8 Å². The van der Waals surface area contributed by atoms with Crippen molar-refractivity contribution in [2.45, 2.75) is 19.9 Å². The van der Waals surface area contributed by atoms with Gasteiger partial charge < -0.3 is 19.3 Å². The first kappa shape index (κ1) is 23.2. The van der Waals surface area contributed by atoms with Gasteiger partial charge in [0.15, 0.2) is 11.5 Å². The molecular formula is C27H30N4O3S. The van der Waals surface area contributed by atoms with Gasteiger partial charge in [-0.2, -0.15) is 5.10 Å². The van der Waals surface area contributed by atoms with Gasteiger partial charge in [-0.25, -0.2) is 0 Å². The summed E-state index contributed by atoms with van der Waals surface area (Å²) in [6, 6.07) is 16.6. The van der Waals surface area contributed by atoms with Gasteiger partial charge >= 0.3 is 0 Å². The number of fused-ring (bicyclic) bond motifs is 1. The highest BCUT2D eigenvalue weighted by Crippen LogP contribution is 2.38. The Morgan fingerprint density at radius 2 is 1.86 bits per heavy atom. The second kappa shape index (κ2) is 9.26. The first-order chi connectivity index (χ1) is 16.9. The van der Waals surface area contributed by atoms with E-state index in [0.29, 0.717) is 24.6 Å². The summed E-state index contributed by atoms with van der Waals surface area (Å²) in [4.78, 5) is 19.6. The highest BCUT2D eigenvalue weighted by molar-refractivity contribution is 7.20. The third-order valence-corrected chi connectivity index (χ3v) is 7.82. The van der Waals surface area contributed by atoms with Crippen molar-refractivity contribution in [3.05, 3.63) is 59.0 Å². The topological polar surface area (TPSA) is 59.8 Å². The van der Waals surface area contributed by atoms with Gasteiger partial charge in [0.25, 0.3) is 5.91 Å². The number of aromatic nitrogens is 2. The van der Waals surface area contributed by atoms with Crippen LogP contribution in [0.3, 0.4) is 0 Å². The van der Waals surface area contributed by atoms with Crippen molar-refractivity contribution in [3.63, 3.8) is 0 Å². The molecule has 0 aliphatic carbocycles. The van der Waals surface area contributed by atoms with Gasteiger partial charge in [0, 0.05) is 49.4 Å². The number of hydrogen-bond donors (Lipinski definition) is 0. The van der Waals surface area contributed by atoms with E-state index in [4.69, 9.17) is 14.6 Å². The normalized spacial score (nSPS) is 16.1. The minimum atomic E-state index is 0.0835. The number of carbonyl (C=O) groups excluding carboxylic acids is 1. The Morgan fingerprint density at radius 1 is 1.06 bits per heavy atom. The van der Waals surface area contributed by atoms with Gasteiger partial charge in [0.2, 0.25) is 0 Å². The van der Waals surface area contributed by atoms with Gasteiger partial charge in [-0.05, 0) is 55.8 Å². The van der Waals surface area contributed by atoms with Crippen LogP contribution in [0.1, 0.15) is 22.2 Å². The van der Waals surface area contributed by atoms with Crippen LogP contribution in [0.2, 0.25) is 0 Å². The molecule has 0 radical (unpaired) electrons. The number of aryl methyl sites for hydroxylation is 2. The predicted octanol–water partition coefficient (Wildman–Crippen LogP) is 4.98. The second-order valence-electron chi connectivity index (χ2n) is 9.00. The number of piperazine rings is 1. The van der Waals surface area contributed by atoms with Crippen LogP contribution < -0.4 is 14.4 Å². The van der Waals surface area contributed by atoms with Crippen LogP contribution in [0.15, 0.2) is 48.5 Å². The minimum absolute atomic E-state index is 0.0835. The van der Waals surface area contributed by atoms with E-state index in [1.165, 1.54) is 22.6 Å². The Hall–Kier alpha value is -3.52. The molecule has 1 fully saturated rings. The number of nitrogens with zero attached hydrogens (tertiary/aromatic N) is 4. The van der Waals surface area contributed by atoms with E-state index in [9.17, 15) is 4.79 Å². The third kappa shape index (κ3) is 4.23. The van der Waals surface area contributed by atoms with Gasteiger partial charge in [-0.1, -0.05) is 12.1 Å². The highest BCUT2D eigenvalue weighted by atomic mass is 32.1. The molecule has 1 aliphatic rings. The van der Waals surface area contributed by atoms with Crippen molar-refractivity contribution >= 4 is 33.1 Å². The number of anilines is 1. The van der Waals surface area contributed by atoms with Crippen molar-refractivity contribution in [1.82, 2.24) is 14.7 Å². The number of rotatable bonds is 5. The van der Waals surface area contributed by atoms with E-state index in [1.807, 2.05) is 40.9 Å². The van der Waals surface area contributed by atoms with Gasteiger partial charge in [0.05, 0.1) is 19.1 Å². The number of amides is 1. The zero-order valence-electron chi connectivity index (χ0n) is 20.7. The maximum absolute atomic E-state index is 13.5. The Balaban J connectivity index is 1.40. The maximum atomic E-state index is 13.5. The van der Waals surface area contributed by atoms with Crippen molar-refractivity contribution in [3.8, 4) is 22.8 Å². The Kier molecular flexibility index (Phi) is 6.15. The Morgan fingerprint density at radius 3 is 2.57 bits per heavy atom. The fourth-order valence-electron chi connectivity index (χ4n) is 4.83. The van der Waals surface area contributed by atoms with E-state index in [2.05, 4.69) is 43.0 Å². The lowest BCUT2D eigenvalue weighted by Crippen LogP contribution is -2.53. The van der Waals surface area contributed by atoms with Gasteiger partial charge in [-0.3, -0.25) is 9.48 Å². The average molecular weight is 491 g/mol. The molecule has 182 valence electrons. The maximum Gasteiger partial charge on any atom is 0.264 e. The van der Waals surface area contributed by atoms with Crippen LogP contribution in [-0.4, -0.2) is 60.5 Å². The van der Waals surface area contributed by atoms with Crippen LogP contribution in [-0.2, 0) is 7.05 Å². The summed E-state index contributed by atoms with van der Waals surface area (Å²) in [6.45, 7) is 6.51. The molecule has 0 saturated carbocycles. The zero-order chi connectivity index (χ0) is 24.7. The van der Waals surface area contributed by atoms with E-state index in [-0.39, 0.29) is 11.9 Å². The highest BCUT2D eigenvalue weighted by Gasteiger charge is 2.29. The number of hydrogen-bond acceptors (Lipinski definition) is 6. The molecular weight excluding hydrogens is 460 g/mol. The van der Waals surface area contributed by atoms with Crippen LogP contribution in [0.25, 0.3) is 21.5 Å². The molecule has 5 rings (SSSR count). The number of ether oxygens (including phenoxy) is 2. The summed E-state index contributed by atoms with van der Waals surface area (Å²) in [7, 11) is 5.16. The molecule has 1 saturated heterocycles. The van der Waals surface area contributed by atoms with Crippen molar-refractivity contribution in [1.29, 1.82) is 0 Å². The summed E-state index contributed by atoms with van der Waals surface area (Å²) in [5, 5.41) is 5.70. The molecule has 8 heteroatoms. The fourth-order valence-corrected chi connectivity index (χ4v) is 5.87. The SMILES string of the molecule is COc1ccc(-c2nn(C)c3sc(C(=O)N4CCN(c5cccc(C)c5)C(C)C4)cc23)cc1OC. The Bertz CT molecular complexity index is 1390. The molecule has 1 atom stereocenters. The molecule has 0 bridgehead atoms. The molecule has 0 N–H and O–H groups in total. The van der Waals surface area contributed by atoms with E-state index in [0.717, 1.165) is 32.9 Å². The summed E-state index contributed by atoms with van der Waals surface area (Å²) >= 11 is 1.50. The molecule has 3 heterocycles.